The fraction of sp³-hybridized carbons (Fsp3) is 0.0357. The zero-order chi connectivity index (χ0) is 25.2. The Morgan fingerprint density at radius 2 is 1.73 bits per heavy atom. The van der Waals surface area contributed by atoms with Crippen LogP contribution in [-0.2, 0) is 6.54 Å². The highest BCUT2D eigenvalue weighted by molar-refractivity contribution is 5.77. The molecule has 178 valence electrons. The minimum atomic E-state index is -0.953. The smallest absolute Gasteiger partial charge is 0.234 e. The van der Waals surface area contributed by atoms with Gasteiger partial charge < -0.3 is 9.51 Å². The van der Waals surface area contributed by atoms with Gasteiger partial charge in [0.1, 0.15) is 28.7 Å². The van der Waals surface area contributed by atoms with Crippen molar-refractivity contribution in [1.82, 2.24) is 25.2 Å². The topological polar surface area (TPSA) is 84.4 Å². The minimum absolute atomic E-state index is 0.0528. The quantitative estimate of drug-likeness (QED) is 0.286. The number of fused-ring (bicyclic) bond motifs is 1. The normalized spacial score (nSPS) is 10.9. The lowest BCUT2D eigenvalue weighted by Crippen LogP contribution is -2.37. The van der Waals surface area contributed by atoms with Crippen LogP contribution in [0.1, 0.15) is 16.9 Å². The molecule has 7 nitrogen and oxygen atoms in total. The summed E-state index contributed by atoms with van der Waals surface area (Å²) in [5, 5.41) is 8.52. The Bertz CT molecular complexity index is 1780. The van der Waals surface area contributed by atoms with Crippen molar-refractivity contribution < 1.29 is 18.0 Å². The molecule has 9 heteroatoms. The van der Waals surface area contributed by atoms with E-state index < -0.39 is 11.6 Å². The number of halogens is 2. The van der Waals surface area contributed by atoms with Gasteiger partial charge in [-0.2, -0.15) is 0 Å². The van der Waals surface area contributed by atoms with Crippen molar-refractivity contribution in [3.05, 3.63) is 114 Å². The lowest BCUT2D eigenvalue weighted by molar-refractivity contribution is -0.746. The first-order valence-electron chi connectivity index (χ1n) is 11.3. The molecule has 0 aliphatic heterocycles. The van der Waals surface area contributed by atoms with Gasteiger partial charge in [0.15, 0.2) is 11.6 Å². The van der Waals surface area contributed by atoms with E-state index in [2.05, 4.69) is 37.0 Å². The molecule has 0 atom stereocenters. The highest BCUT2D eigenvalue weighted by Crippen LogP contribution is 2.24. The molecular weight excluding hydrogens is 474 g/mol. The zero-order valence-corrected chi connectivity index (χ0v) is 19.2. The molecule has 1 N–H and O–H groups in total. The van der Waals surface area contributed by atoms with Crippen LogP contribution in [0.3, 0.4) is 0 Å². The van der Waals surface area contributed by atoms with Crippen molar-refractivity contribution in [3.8, 4) is 34.5 Å². The molecule has 4 heterocycles. The van der Waals surface area contributed by atoms with E-state index in [9.17, 15) is 8.78 Å². The average molecular weight is 491 g/mol. The van der Waals surface area contributed by atoms with Crippen LogP contribution in [0.4, 0.5) is 8.78 Å². The van der Waals surface area contributed by atoms with Crippen LogP contribution in [0.5, 0.6) is 0 Å². The van der Waals surface area contributed by atoms with Crippen LogP contribution in [0.25, 0.3) is 33.7 Å². The SMILES string of the molecule is Fc1cccc(-c2nc3cn[n+](Cc4cc(-c5ccc(C#Cc6ccncc6)cc5)no4)cc3[nH]2)c1F. The van der Waals surface area contributed by atoms with E-state index in [-0.39, 0.29) is 11.4 Å². The van der Waals surface area contributed by atoms with Gasteiger partial charge in [-0.1, -0.05) is 39.9 Å². The van der Waals surface area contributed by atoms with E-state index >= 15 is 0 Å². The molecule has 37 heavy (non-hydrogen) atoms. The Hall–Kier alpha value is -5.23. The van der Waals surface area contributed by atoms with Gasteiger partial charge in [0.2, 0.25) is 18.5 Å². The van der Waals surface area contributed by atoms with E-state index in [1.165, 1.54) is 12.1 Å². The first kappa shape index (κ1) is 22.2. The second-order valence-corrected chi connectivity index (χ2v) is 8.20. The molecular formula is C28H17F2N6O+. The first-order chi connectivity index (χ1) is 18.1. The van der Waals surface area contributed by atoms with Gasteiger partial charge in [0.05, 0.1) is 5.56 Å². The van der Waals surface area contributed by atoms with Gasteiger partial charge in [-0.25, -0.2) is 13.8 Å². The molecule has 0 aliphatic rings. The number of benzene rings is 2. The van der Waals surface area contributed by atoms with Crippen LogP contribution < -0.4 is 4.68 Å². The van der Waals surface area contributed by atoms with Gasteiger partial charge in [0.25, 0.3) is 0 Å². The predicted octanol–water partition coefficient (Wildman–Crippen LogP) is 4.69. The zero-order valence-electron chi connectivity index (χ0n) is 19.2. The van der Waals surface area contributed by atoms with Crippen molar-refractivity contribution in [3.63, 3.8) is 0 Å². The molecule has 0 bridgehead atoms. The number of nitrogens with zero attached hydrogens (tertiary/aromatic N) is 5. The molecule has 0 amide bonds. The maximum absolute atomic E-state index is 14.2. The standard InChI is InChI=1S/C28H16F2N6O/c29-23-3-1-2-22(27(23)30)28-33-25-15-32-36(17-26(25)34-28)16-21-14-24(35-37-21)20-8-6-18(7-9-20)4-5-19-10-12-31-13-11-19/h1-3,6-15,17H,16H2/p+1. The Kier molecular flexibility index (Phi) is 5.67. The number of nitrogens with one attached hydrogen (secondary N) is 1. The minimum Gasteiger partial charge on any atom is -0.354 e. The molecule has 0 aliphatic carbocycles. The van der Waals surface area contributed by atoms with E-state index in [1.807, 2.05) is 42.5 Å². The molecule has 0 spiro atoms. The van der Waals surface area contributed by atoms with Crippen molar-refractivity contribution in [2.75, 3.05) is 0 Å². The summed E-state index contributed by atoms with van der Waals surface area (Å²) in [7, 11) is 0. The number of pyridine rings is 1. The van der Waals surface area contributed by atoms with Gasteiger partial charge in [0, 0.05) is 35.2 Å². The maximum atomic E-state index is 14.2. The van der Waals surface area contributed by atoms with Crippen LogP contribution in [0.15, 0.2) is 90.0 Å². The number of aromatic nitrogens is 6. The van der Waals surface area contributed by atoms with Crippen molar-refractivity contribution in [2.24, 2.45) is 0 Å². The summed E-state index contributed by atoms with van der Waals surface area (Å²) < 4.78 is 34.9. The second kappa shape index (κ2) is 9.43. The Balaban J connectivity index is 1.18. The molecule has 0 fully saturated rings. The summed E-state index contributed by atoms with van der Waals surface area (Å²) in [5.41, 5.74) is 4.57. The van der Waals surface area contributed by atoms with Gasteiger partial charge in [-0.15, -0.1) is 0 Å². The molecule has 6 aromatic rings. The molecule has 0 saturated heterocycles. The Morgan fingerprint density at radius 1 is 0.946 bits per heavy atom. The monoisotopic (exact) mass is 491 g/mol. The number of imidazole rings is 1. The van der Waals surface area contributed by atoms with Crippen molar-refractivity contribution >= 4 is 11.0 Å². The fourth-order valence-electron chi connectivity index (χ4n) is 3.80. The van der Waals surface area contributed by atoms with Crippen LogP contribution >= 0.6 is 0 Å². The number of aromatic amines is 1. The van der Waals surface area contributed by atoms with Crippen molar-refractivity contribution in [2.45, 2.75) is 6.54 Å². The third kappa shape index (κ3) is 4.68. The van der Waals surface area contributed by atoms with Crippen molar-refractivity contribution in [1.29, 1.82) is 0 Å². The Labute approximate surface area is 209 Å². The molecule has 2 aromatic carbocycles. The van der Waals surface area contributed by atoms with Gasteiger partial charge >= 0.3 is 0 Å². The molecule has 0 saturated carbocycles. The van der Waals surface area contributed by atoms with E-state index in [4.69, 9.17) is 4.52 Å². The lowest BCUT2D eigenvalue weighted by Gasteiger charge is -1.99. The van der Waals surface area contributed by atoms with Crippen LogP contribution in [0, 0.1) is 23.5 Å². The van der Waals surface area contributed by atoms with E-state index in [0.717, 1.165) is 22.8 Å². The summed E-state index contributed by atoms with van der Waals surface area (Å²) in [6.45, 7) is 0.321. The first-order valence-corrected chi connectivity index (χ1v) is 11.3. The van der Waals surface area contributed by atoms with E-state index in [1.54, 1.807) is 29.5 Å². The number of H-pyrrole nitrogens is 1. The third-order valence-corrected chi connectivity index (χ3v) is 5.66. The molecule has 4 aromatic heterocycles. The maximum Gasteiger partial charge on any atom is 0.234 e. The highest BCUT2D eigenvalue weighted by Gasteiger charge is 2.17. The summed E-state index contributed by atoms with van der Waals surface area (Å²) in [4.78, 5) is 11.3. The Morgan fingerprint density at radius 3 is 2.54 bits per heavy atom. The number of rotatable bonds is 4. The highest BCUT2D eigenvalue weighted by atomic mass is 19.2. The number of hydrogen-bond acceptors (Lipinski definition) is 5. The summed E-state index contributed by atoms with van der Waals surface area (Å²) in [6, 6.07) is 17.3. The predicted molar refractivity (Wildman–Crippen MR) is 131 cm³/mol. The third-order valence-electron chi connectivity index (χ3n) is 5.66. The lowest BCUT2D eigenvalue weighted by atomic mass is 10.1. The van der Waals surface area contributed by atoms with Crippen LogP contribution in [-0.4, -0.2) is 25.2 Å². The molecule has 0 unspecified atom stereocenters. The molecule has 0 radical (unpaired) electrons. The van der Waals surface area contributed by atoms with Crippen LogP contribution in [0.2, 0.25) is 0 Å². The fourth-order valence-corrected chi connectivity index (χ4v) is 3.80. The summed E-state index contributed by atoms with van der Waals surface area (Å²) in [6.07, 6.45) is 6.69. The second-order valence-electron chi connectivity index (χ2n) is 8.20. The average Bonchev–Trinajstić information content (AvgIpc) is 3.57. The summed E-state index contributed by atoms with van der Waals surface area (Å²) >= 11 is 0. The number of hydrogen-bond donors (Lipinski definition) is 1. The summed E-state index contributed by atoms with van der Waals surface area (Å²) in [5.74, 6) is 5.17. The molecule has 6 rings (SSSR count). The largest absolute Gasteiger partial charge is 0.354 e. The van der Waals surface area contributed by atoms with E-state index in [0.29, 0.717) is 29.0 Å². The van der Waals surface area contributed by atoms with Gasteiger partial charge in [-0.05, 0) is 41.5 Å². The van der Waals surface area contributed by atoms with Gasteiger partial charge in [-0.3, -0.25) is 4.98 Å².